The molecule has 0 saturated carbocycles. The van der Waals surface area contributed by atoms with Crippen molar-refractivity contribution in [3.05, 3.63) is 21.9 Å². The van der Waals surface area contributed by atoms with E-state index < -0.39 is 0 Å². The minimum absolute atomic E-state index is 0.768. The van der Waals surface area contributed by atoms with E-state index in [9.17, 15) is 0 Å². The lowest BCUT2D eigenvalue weighted by Gasteiger charge is -2.16. The van der Waals surface area contributed by atoms with Crippen LogP contribution < -0.4 is 5.32 Å². The molecule has 0 saturated heterocycles. The molecule has 15 heavy (non-hydrogen) atoms. The second-order valence-corrected chi connectivity index (χ2v) is 4.59. The van der Waals surface area contributed by atoms with E-state index in [0.29, 0.717) is 0 Å². The summed E-state index contributed by atoms with van der Waals surface area (Å²) in [4.78, 5) is 7.90. The Morgan fingerprint density at radius 1 is 1.53 bits per heavy atom. The Bertz CT molecular complexity index is 328. The number of hydrogen-bond acceptors (Lipinski definition) is 2. The predicted molar refractivity (Wildman–Crippen MR) is 67.6 cm³/mol. The van der Waals surface area contributed by atoms with Crippen molar-refractivity contribution >= 4 is 17.3 Å². The molecule has 3 nitrogen and oxygen atoms in total. The van der Waals surface area contributed by atoms with E-state index in [1.165, 1.54) is 10.4 Å². The third-order valence-electron chi connectivity index (χ3n) is 2.10. The topological polar surface area (TPSA) is 27.6 Å². The van der Waals surface area contributed by atoms with Crippen molar-refractivity contribution in [2.45, 2.75) is 20.4 Å². The first kappa shape index (κ1) is 12.0. The van der Waals surface area contributed by atoms with E-state index in [-0.39, 0.29) is 0 Å². The molecular formula is C11H19N3S. The molecule has 0 atom stereocenters. The van der Waals surface area contributed by atoms with E-state index in [1.807, 2.05) is 19.0 Å². The Kier molecular flexibility index (Phi) is 4.62. The number of nitrogens with one attached hydrogen (secondary N) is 1. The first-order valence-corrected chi connectivity index (χ1v) is 6.01. The van der Waals surface area contributed by atoms with Crippen LogP contribution in [-0.4, -0.2) is 31.5 Å². The molecule has 0 aliphatic carbocycles. The number of hydrogen-bond donors (Lipinski definition) is 1. The molecule has 4 heteroatoms. The van der Waals surface area contributed by atoms with Crippen LogP contribution in [0, 0.1) is 6.92 Å². The maximum Gasteiger partial charge on any atom is 0.193 e. The van der Waals surface area contributed by atoms with Crippen molar-refractivity contribution in [2.24, 2.45) is 4.99 Å². The average molecular weight is 225 g/mol. The zero-order valence-corrected chi connectivity index (χ0v) is 10.7. The summed E-state index contributed by atoms with van der Waals surface area (Å²) in [6.45, 7) is 5.88. The summed E-state index contributed by atoms with van der Waals surface area (Å²) < 4.78 is 0. The lowest BCUT2D eigenvalue weighted by atomic mass is 10.3. The zero-order valence-electron chi connectivity index (χ0n) is 9.87. The van der Waals surface area contributed by atoms with E-state index in [4.69, 9.17) is 0 Å². The second-order valence-electron chi connectivity index (χ2n) is 3.59. The zero-order chi connectivity index (χ0) is 11.3. The second kappa shape index (κ2) is 5.75. The van der Waals surface area contributed by atoms with Gasteiger partial charge in [0, 0.05) is 25.5 Å². The molecule has 1 N–H and O–H groups in total. The van der Waals surface area contributed by atoms with Gasteiger partial charge in [-0.3, -0.25) is 0 Å². The fourth-order valence-electron chi connectivity index (χ4n) is 1.23. The molecule has 0 fully saturated rings. The SMILES string of the molecule is CCNC(=NCc1sccc1C)N(C)C. The van der Waals surface area contributed by atoms with Crippen LogP contribution in [0.25, 0.3) is 0 Å². The number of nitrogens with zero attached hydrogens (tertiary/aromatic N) is 2. The summed E-state index contributed by atoms with van der Waals surface area (Å²) in [7, 11) is 4.01. The Morgan fingerprint density at radius 3 is 2.73 bits per heavy atom. The molecule has 0 radical (unpaired) electrons. The summed E-state index contributed by atoms with van der Waals surface area (Å²) in [5, 5.41) is 5.36. The van der Waals surface area contributed by atoms with Crippen LogP contribution in [0.4, 0.5) is 0 Å². The van der Waals surface area contributed by atoms with Gasteiger partial charge in [0.1, 0.15) is 0 Å². The smallest absolute Gasteiger partial charge is 0.193 e. The largest absolute Gasteiger partial charge is 0.357 e. The van der Waals surface area contributed by atoms with Gasteiger partial charge in [-0.1, -0.05) is 0 Å². The Balaban J connectivity index is 2.65. The monoisotopic (exact) mass is 225 g/mol. The summed E-state index contributed by atoms with van der Waals surface area (Å²) in [5.74, 6) is 0.949. The summed E-state index contributed by atoms with van der Waals surface area (Å²) in [6, 6.07) is 2.14. The lowest BCUT2D eigenvalue weighted by Crippen LogP contribution is -2.36. The fourth-order valence-corrected chi connectivity index (χ4v) is 2.06. The van der Waals surface area contributed by atoms with Gasteiger partial charge in [-0.05, 0) is 30.9 Å². The summed E-state index contributed by atoms with van der Waals surface area (Å²) in [6.07, 6.45) is 0. The van der Waals surface area contributed by atoms with Crippen molar-refractivity contribution in [3.8, 4) is 0 Å². The highest BCUT2D eigenvalue weighted by Crippen LogP contribution is 2.16. The number of aryl methyl sites for hydroxylation is 1. The Labute approximate surface area is 95.8 Å². The van der Waals surface area contributed by atoms with E-state index >= 15 is 0 Å². The third kappa shape index (κ3) is 3.55. The third-order valence-corrected chi connectivity index (χ3v) is 3.11. The molecule has 0 aliphatic heterocycles. The normalized spacial score (nSPS) is 11.6. The van der Waals surface area contributed by atoms with Crippen LogP contribution in [0.2, 0.25) is 0 Å². The van der Waals surface area contributed by atoms with Crippen LogP contribution in [0.1, 0.15) is 17.4 Å². The van der Waals surface area contributed by atoms with Gasteiger partial charge in [0.15, 0.2) is 5.96 Å². The first-order valence-electron chi connectivity index (χ1n) is 5.13. The molecule has 1 rings (SSSR count). The molecule has 0 amide bonds. The van der Waals surface area contributed by atoms with E-state index in [2.05, 4.69) is 35.6 Å². The van der Waals surface area contributed by atoms with Crippen LogP contribution in [0.15, 0.2) is 16.4 Å². The number of aliphatic imine (C=N–C) groups is 1. The fraction of sp³-hybridized carbons (Fsp3) is 0.545. The van der Waals surface area contributed by atoms with E-state index in [0.717, 1.165) is 19.0 Å². The number of rotatable bonds is 3. The van der Waals surface area contributed by atoms with Gasteiger partial charge in [-0.15, -0.1) is 11.3 Å². The minimum atomic E-state index is 0.768. The van der Waals surface area contributed by atoms with Crippen molar-refractivity contribution in [3.63, 3.8) is 0 Å². The van der Waals surface area contributed by atoms with Gasteiger partial charge in [0.25, 0.3) is 0 Å². The number of thiophene rings is 1. The van der Waals surface area contributed by atoms with Crippen molar-refractivity contribution in [1.29, 1.82) is 0 Å². The van der Waals surface area contributed by atoms with Gasteiger partial charge >= 0.3 is 0 Å². The van der Waals surface area contributed by atoms with Gasteiger partial charge in [0.2, 0.25) is 0 Å². The molecule has 1 aromatic rings. The molecule has 1 aromatic heterocycles. The average Bonchev–Trinajstić information content (AvgIpc) is 2.58. The molecule has 84 valence electrons. The molecular weight excluding hydrogens is 206 g/mol. The molecule has 0 aliphatic rings. The Hall–Kier alpha value is -1.03. The van der Waals surface area contributed by atoms with Gasteiger partial charge in [0.05, 0.1) is 6.54 Å². The van der Waals surface area contributed by atoms with Gasteiger partial charge in [-0.2, -0.15) is 0 Å². The highest BCUT2D eigenvalue weighted by Gasteiger charge is 2.01. The van der Waals surface area contributed by atoms with Crippen LogP contribution in [0.3, 0.4) is 0 Å². The lowest BCUT2D eigenvalue weighted by molar-refractivity contribution is 0.583. The maximum atomic E-state index is 4.56. The highest BCUT2D eigenvalue weighted by atomic mass is 32.1. The van der Waals surface area contributed by atoms with Crippen molar-refractivity contribution in [2.75, 3.05) is 20.6 Å². The standard InChI is InChI=1S/C11H19N3S/c1-5-12-11(14(3)4)13-8-10-9(2)6-7-15-10/h6-7H,5,8H2,1-4H3,(H,12,13). The first-order chi connectivity index (χ1) is 7.15. The molecule has 1 heterocycles. The Morgan fingerprint density at radius 2 is 2.27 bits per heavy atom. The summed E-state index contributed by atoms with van der Waals surface area (Å²) >= 11 is 1.77. The van der Waals surface area contributed by atoms with Crippen LogP contribution >= 0.6 is 11.3 Å². The van der Waals surface area contributed by atoms with Crippen LogP contribution in [-0.2, 0) is 6.54 Å². The van der Waals surface area contributed by atoms with E-state index in [1.54, 1.807) is 11.3 Å². The van der Waals surface area contributed by atoms with Gasteiger partial charge in [-0.25, -0.2) is 4.99 Å². The van der Waals surface area contributed by atoms with Crippen molar-refractivity contribution in [1.82, 2.24) is 10.2 Å². The molecule has 0 spiro atoms. The van der Waals surface area contributed by atoms with Crippen LogP contribution in [0.5, 0.6) is 0 Å². The quantitative estimate of drug-likeness (QED) is 0.630. The van der Waals surface area contributed by atoms with Gasteiger partial charge < -0.3 is 10.2 Å². The molecule has 0 unspecified atom stereocenters. The minimum Gasteiger partial charge on any atom is -0.357 e. The maximum absolute atomic E-state index is 4.56. The molecule has 0 aromatic carbocycles. The molecule has 0 bridgehead atoms. The summed E-state index contributed by atoms with van der Waals surface area (Å²) in [5.41, 5.74) is 1.33. The predicted octanol–water partition coefficient (Wildman–Crippen LogP) is 2.08. The number of guanidine groups is 1. The van der Waals surface area contributed by atoms with Crippen molar-refractivity contribution < 1.29 is 0 Å². The highest BCUT2D eigenvalue weighted by molar-refractivity contribution is 7.10.